The molecule has 5 rings (SSSR count). The molecule has 0 aliphatic carbocycles. The van der Waals surface area contributed by atoms with Crippen LogP contribution in [0.1, 0.15) is 23.6 Å². The summed E-state index contributed by atoms with van der Waals surface area (Å²) in [6.45, 7) is 2.09. The Balaban J connectivity index is 1.78. The summed E-state index contributed by atoms with van der Waals surface area (Å²) in [6.07, 6.45) is 0.668. The van der Waals surface area contributed by atoms with E-state index in [-0.39, 0.29) is 30.6 Å². The molecule has 1 fully saturated rings. The molecule has 33 heavy (non-hydrogen) atoms. The number of aliphatic hydroxyl groups excluding tert-OH is 1. The lowest BCUT2D eigenvalue weighted by Crippen LogP contribution is -2.52. The van der Waals surface area contributed by atoms with Crippen molar-refractivity contribution in [2.24, 2.45) is 0 Å². The first-order valence-corrected chi connectivity index (χ1v) is 10.8. The highest BCUT2D eigenvalue weighted by molar-refractivity contribution is 6.50. The lowest BCUT2D eigenvalue weighted by molar-refractivity contribution is -0.144. The van der Waals surface area contributed by atoms with Gasteiger partial charge in [0, 0.05) is 43.9 Å². The van der Waals surface area contributed by atoms with Gasteiger partial charge >= 0.3 is 0 Å². The molecule has 3 aliphatic rings. The van der Waals surface area contributed by atoms with Crippen LogP contribution in [0.2, 0.25) is 0 Å². The van der Waals surface area contributed by atoms with Crippen molar-refractivity contribution in [1.82, 2.24) is 4.90 Å². The van der Waals surface area contributed by atoms with Crippen molar-refractivity contribution in [3.05, 3.63) is 64.7 Å². The van der Waals surface area contributed by atoms with E-state index < -0.39 is 23.1 Å². The van der Waals surface area contributed by atoms with Gasteiger partial charge in [0.15, 0.2) is 5.54 Å². The third-order valence-electron chi connectivity index (χ3n) is 6.63. The topological polar surface area (TPSA) is 96.4 Å². The van der Waals surface area contributed by atoms with E-state index in [1.807, 2.05) is 6.92 Å². The van der Waals surface area contributed by atoms with Crippen LogP contribution in [0.3, 0.4) is 0 Å². The number of aliphatic hydroxyl groups is 1. The van der Waals surface area contributed by atoms with Crippen LogP contribution < -0.4 is 9.64 Å². The van der Waals surface area contributed by atoms with Crippen molar-refractivity contribution < 1.29 is 29.0 Å². The molecule has 170 valence electrons. The van der Waals surface area contributed by atoms with Gasteiger partial charge in [-0.05, 0) is 36.8 Å². The van der Waals surface area contributed by atoms with Gasteiger partial charge in [-0.1, -0.05) is 18.2 Å². The largest absolute Gasteiger partial charge is 0.507 e. The molecule has 2 amide bonds. The molecule has 1 saturated heterocycles. The van der Waals surface area contributed by atoms with Gasteiger partial charge in [-0.25, -0.2) is 0 Å². The summed E-state index contributed by atoms with van der Waals surface area (Å²) < 4.78 is 10.9. The number of benzene rings is 2. The van der Waals surface area contributed by atoms with E-state index in [1.165, 1.54) is 16.9 Å². The molecule has 2 atom stereocenters. The molecule has 2 unspecified atom stereocenters. The Labute approximate surface area is 191 Å². The van der Waals surface area contributed by atoms with Crippen LogP contribution in [0, 0.1) is 0 Å². The summed E-state index contributed by atoms with van der Waals surface area (Å²) in [5.74, 6) is -1.87. The maximum Gasteiger partial charge on any atom is 0.296 e. The molecule has 2 aromatic carbocycles. The fraction of sp³-hybridized carbons (Fsp3) is 0.320. The Bertz CT molecular complexity index is 1240. The molecule has 0 aromatic heterocycles. The number of amides is 2. The number of carbonyl (C=O) groups excluding carboxylic acids is 3. The number of hydrogen-bond donors (Lipinski definition) is 1. The predicted molar refractivity (Wildman–Crippen MR) is 120 cm³/mol. The number of para-hydroxylation sites is 1. The van der Waals surface area contributed by atoms with E-state index >= 15 is 0 Å². The maximum absolute atomic E-state index is 13.8. The smallest absolute Gasteiger partial charge is 0.296 e. The molecular weight excluding hydrogens is 424 g/mol. The minimum atomic E-state index is -1.76. The van der Waals surface area contributed by atoms with Crippen molar-refractivity contribution >= 4 is 29.0 Å². The highest BCUT2D eigenvalue weighted by Crippen LogP contribution is 2.53. The Morgan fingerprint density at radius 2 is 1.97 bits per heavy atom. The third-order valence-corrected chi connectivity index (χ3v) is 6.63. The lowest BCUT2D eigenvalue weighted by atomic mass is 9.81. The number of anilines is 1. The van der Waals surface area contributed by atoms with Crippen molar-refractivity contribution in [2.75, 3.05) is 32.2 Å². The quantitative estimate of drug-likeness (QED) is 0.438. The summed E-state index contributed by atoms with van der Waals surface area (Å²) in [7, 11) is 3.08. The van der Waals surface area contributed by atoms with E-state index in [2.05, 4.69) is 0 Å². The molecule has 3 heterocycles. The van der Waals surface area contributed by atoms with E-state index in [1.54, 1.807) is 49.5 Å². The number of carbonyl (C=O) groups is 3. The Kier molecular flexibility index (Phi) is 4.79. The minimum absolute atomic E-state index is 0.00699. The zero-order chi connectivity index (χ0) is 23.5. The molecule has 1 spiro atoms. The summed E-state index contributed by atoms with van der Waals surface area (Å²) in [4.78, 5) is 43.0. The second-order valence-corrected chi connectivity index (χ2v) is 8.55. The highest BCUT2D eigenvalue weighted by atomic mass is 16.5. The van der Waals surface area contributed by atoms with Gasteiger partial charge in [-0.15, -0.1) is 0 Å². The normalized spacial score (nSPS) is 25.1. The molecule has 0 saturated carbocycles. The summed E-state index contributed by atoms with van der Waals surface area (Å²) in [6, 6.07) is 12.1. The fourth-order valence-electron chi connectivity index (χ4n) is 5.17. The van der Waals surface area contributed by atoms with Crippen LogP contribution in [0.15, 0.2) is 48.0 Å². The highest BCUT2D eigenvalue weighted by Gasteiger charge is 2.66. The van der Waals surface area contributed by atoms with Crippen LogP contribution in [-0.4, -0.2) is 61.0 Å². The number of likely N-dealkylation sites (N-methyl/N-ethyl adjacent to an activating group) is 1. The molecule has 3 aliphatic heterocycles. The molecule has 1 N–H and O–H groups in total. The van der Waals surface area contributed by atoms with Crippen molar-refractivity contribution in [2.45, 2.75) is 25.0 Å². The summed E-state index contributed by atoms with van der Waals surface area (Å²) in [5, 5.41) is 11.4. The fourth-order valence-corrected chi connectivity index (χ4v) is 5.17. The Hall–Kier alpha value is -3.65. The number of ether oxygens (including phenoxy) is 2. The molecule has 0 bridgehead atoms. The lowest BCUT2D eigenvalue weighted by Gasteiger charge is -2.34. The number of methoxy groups -OCH3 is 1. The van der Waals surface area contributed by atoms with Gasteiger partial charge in [0.1, 0.15) is 17.6 Å². The van der Waals surface area contributed by atoms with E-state index in [9.17, 15) is 19.5 Å². The average molecular weight is 448 g/mol. The van der Waals surface area contributed by atoms with Crippen LogP contribution in [0.4, 0.5) is 5.69 Å². The zero-order valence-corrected chi connectivity index (χ0v) is 18.6. The first-order valence-electron chi connectivity index (χ1n) is 10.8. The second kappa shape index (κ2) is 7.45. The van der Waals surface area contributed by atoms with Crippen LogP contribution in [-0.2, 0) is 31.1 Å². The zero-order valence-electron chi connectivity index (χ0n) is 18.6. The molecular formula is C25H24N2O6. The minimum Gasteiger partial charge on any atom is -0.507 e. The Morgan fingerprint density at radius 1 is 1.21 bits per heavy atom. The standard InChI is InChI=1S/C25H24N2O6/c1-14-12-16-13-15(8-9-19(16)33-14)21(28)20-22(29)23(30)27(10-11-32-3)25(20)17-6-4-5-7-18(17)26(2)24(25)31/h4-9,13-14,28H,10-12H2,1-3H3/b21-20+. The molecule has 2 aromatic rings. The maximum atomic E-state index is 13.8. The van der Waals surface area contributed by atoms with Crippen molar-refractivity contribution in [1.29, 1.82) is 0 Å². The molecule has 8 heteroatoms. The number of Topliss-reactive ketones (excluding diaryl/α,β-unsaturated/α-hetero) is 1. The van der Waals surface area contributed by atoms with Crippen molar-refractivity contribution in [3.63, 3.8) is 0 Å². The SMILES string of the molecule is COCCN1C(=O)C(=O)/C(=C(\O)c2ccc3c(c2)CC(C)O3)C12C(=O)N(C)c1ccccc12. The van der Waals surface area contributed by atoms with Gasteiger partial charge in [0.05, 0.1) is 12.2 Å². The number of ketones is 1. The number of hydrogen-bond acceptors (Lipinski definition) is 6. The molecule has 0 radical (unpaired) electrons. The first kappa shape index (κ1) is 21.2. The van der Waals surface area contributed by atoms with Crippen LogP contribution >= 0.6 is 0 Å². The number of likely N-dealkylation sites (tertiary alicyclic amines) is 1. The van der Waals surface area contributed by atoms with Gasteiger partial charge in [-0.2, -0.15) is 0 Å². The third kappa shape index (κ3) is 2.77. The van der Waals surface area contributed by atoms with E-state index in [0.29, 0.717) is 23.2 Å². The van der Waals surface area contributed by atoms with E-state index in [4.69, 9.17) is 9.47 Å². The number of nitrogens with zero attached hydrogens (tertiary/aromatic N) is 2. The summed E-state index contributed by atoms with van der Waals surface area (Å²) >= 11 is 0. The Morgan fingerprint density at radius 3 is 2.73 bits per heavy atom. The summed E-state index contributed by atoms with van der Waals surface area (Å²) in [5.41, 5.74) is 0.323. The predicted octanol–water partition coefficient (Wildman–Crippen LogP) is 2.21. The van der Waals surface area contributed by atoms with Crippen LogP contribution in [0.25, 0.3) is 5.76 Å². The molecule has 8 nitrogen and oxygen atoms in total. The number of fused-ring (bicyclic) bond motifs is 3. The van der Waals surface area contributed by atoms with Gasteiger partial charge in [-0.3, -0.25) is 14.4 Å². The van der Waals surface area contributed by atoms with Crippen molar-refractivity contribution in [3.8, 4) is 5.75 Å². The first-order chi connectivity index (χ1) is 15.8. The van der Waals surface area contributed by atoms with Gasteiger partial charge in [0.25, 0.3) is 17.6 Å². The van der Waals surface area contributed by atoms with Gasteiger partial charge in [0.2, 0.25) is 0 Å². The van der Waals surface area contributed by atoms with Gasteiger partial charge < -0.3 is 24.4 Å². The van der Waals surface area contributed by atoms with Crippen LogP contribution in [0.5, 0.6) is 5.75 Å². The van der Waals surface area contributed by atoms with E-state index in [0.717, 1.165) is 11.3 Å². The monoisotopic (exact) mass is 448 g/mol. The number of rotatable bonds is 4. The second-order valence-electron chi connectivity index (χ2n) is 8.55. The average Bonchev–Trinajstić information content (AvgIpc) is 3.37.